The molecule has 0 aliphatic rings. The van der Waals surface area contributed by atoms with Crippen LogP contribution in [-0.2, 0) is 12.8 Å². The van der Waals surface area contributed by atoms with Crippen LogP contribution < -0.4 is 5.73 Å². The Labute approximate surface area is 129 Å². The van der Waals surface area contributed by atoms with Gasteiger partial charge in [-0.2, -0.15) is 0 Å². The SMILES string of the molecule is CCC(N)Cc1cc(C)nc(Cc2c(F)cccc2Cl)n1. The van der Waals surface area contributed by atoms with Crippen LogP contribution in [0.4, 0.5) is 4.39 Å². The summed E-state index contributed by atoms with van der Waals surface area (Å²) in [4.78, 5) is 8.85. The highest BCUT2D eigenvalue weighted by Crippen LogP contribution is 2.21. The monoisotopic (exact) mass is 307 g/mol. The summed E-state index contributed by atoms with van der Waals surface area (Å²) in [5.41, 5.74) is 8.13. The van der Waals surface area contributed by atoms with Gasteiger partial charge in [0.2, 0.25) is 0 Å². The molecule has 2 rings (SSSR count). The predicted molar refractivity (Wildman–Crippen MR) is 83.0 cm³/mol. The number of hydrogen-bond donors (Lipinski definition) is 1. The van der Waals surface area contributed by atoms with Crippen LogP contribution in [0.25, 0.3) is 0 Å². The molecular formula is C16H19ClFN3. The first-order valence-electron chi connectivity index (χ1n) is 7.01. The van der Waals surface area contributed by atoms with Crippen LogP contribution in [0.2, 0.25) is 5.02 Å². The topological polar surface area (TPSA) is 51.8 Å². The van der Waals surface area contributed by atoms with Crippen molar-refractivity contribution in [1.29, 1.82) is 0 Å². The maximum atomic E-state index is 13.8. The van der Waals surface area contributed by atoms with Gasteiger partial charge in [-0.25, -0.2) is 14.4 Å². The minimum atomic E-state index is -0.334. The molecule has 0 spiro atoms. The van der Waals surface area contributed by atoms with Crippen LogP contribution in [0.15, 0.2) is 24.3 Å². The molecule has 1 aromatic carbocycles. The van der Waals surface area contributed by atoms with Crippen molar-refractivity contribution in [1.82, 2.24) is 9.97 Å². The van der Waals surface area contributed by atoms with Crippen LogP contribution in [0.5, 0.6) is 0 Å². The third kappa shape index (κ3) is 4.22. The van der Waals surface area contributed by atoms with Gasteiger partial charge < -0.3 is 5.73 Å². The molecule has 0 fully saturated rings. The summed E-state index contributed by atoms with van der Waals surface area (Å²) in [5, 5.41) is 0.395. The minimum Gasteiger partial charge on any atom is -0.327 e. The van der Waals surface area contributed by atoms with Crippen molar-refractivity contribution in [2.75, 3.05) is 0 Å². The average Bonchev–Trinajstić information content (AvgIpc) is 2.42. The van der Waals surface area contributed by atoms with Crippen LogP contribution in [0.3, 0.4) is 0 Å². The standard InChI is InChI=1S/C16H19ClFN3/c1-3-11(19)8-12-7-10(2)20-16(21-12)9-13-14(17)5-4-6-15(13)18/h4-7,11H,3,8-9,19H2,1-2H3. The summed E-state index contributed by atoms with van der Waals surface area (Å²) in [7, 11) is 0. The van der Waals surface area contributed by atoms with Gasteiger partial charge in [0.15, 0.2) is 0 Å². The molecule has 0 saturated heterocycles. The lowest BCUT2D eigenvalue weighted by atomic mass is 10.1. The summed E-state index contributed by atoms with van der Waals surface area (Å²) in [6.45, 7) is 3.94. The normalized spacial score (nSPS) is 12.4. The lowest BCUT2D eigenvalue weighted by Crippen LogP contribution is -2.22. The molecule has 1 heterocycles. The van der Waals surface area contributed by atoms with Gasteiger partial charge in [0.25, 0.3) is 0 Å². The highest BCUT2D eigenvalue weighted by molar-refractivity contribution is 6.31. The first kappa shape index (κ1) is 15.9. The van der Waals surface area contributed by atoms with E-state index in [1.54, 1.807) is 12.1 Å². The van der Waals surface area contributed by atoms with Crippen molar-refractivity contribution < 1.29 is 4.39 Å². The third-order valence-electron chi connectivity index (χ3n) is 3.35. The van der Waals surface area contributed by atoms with Crippen molar-refractivity contribution in [2.24, 2.45) is 5.73 Å². The smallest absolute Gasteiger partial charge is 0.133 e. The molecule has 2 aromatic rings. The van der Waals surface area contributed by atoms with Crippen molar-refractivity contribution in [3.8, 4) is 0 Å². The Bertz CT molecular complexity index is 611. The maximum absolute atomic E-state index is 13.8. The van der Waals surface area contributed by atoms with Gasteiger partial charge in [0.05, 0.1) is 0 Å². The van der Waals surface area contributed by atoms with E-state index in [4.69, 9.17) is 17.3 Å². The van der Waals surface area contributed by atoms with Crippen LogP contribution >= 0.6 is 11.6 Å². The Balaban J connectivity index is 2.28. The van der Waals surface area contributed by atoms with E-state index in [2.05, 4.69) is 9.97 Å². The Morgan fingerprint density at radius 3 is 2.76 bits per heavy atom. The van der Waals surface area contributed by atoms with Crippen molar-refractivity contribution in [2.45, 2.75) is 39.2 Å². The zero-order valence-electron chi connectivity index (χ0n) is 12.2. The Morgan fingerprint density at radius 1 is 1.33 bits per heavy atom. The van der Waals surface area contributed by atoms with Crippen molar-refractivity contribution in [3.63, 3.8) is 0 Å². The van der Waals surface area contributed by atoms with Crippen LogP contribution in [-0.4, -0.2) is 16.0 Å². The van der Waals surface area contributed by atoms with Gasteiger partial charge in [0.1, 0.15) is 11.6 Å². The first-order valence-corrected chi connectivity index (χ1v) is 7.39. The fraction of sp³-hybridized carbons (Fsp3) is 0.375. The zero-order valence-corrected chi connectivity index (χ0v) is 13.0. The number of aryl methyl sites for hydroxylation is 1. The molecule has 0 aliphatic carbocycles. The molecule has 0 amide bonds. The maximum Gasteiger partial charge on any atom is 0.133 e. The summed E-state index contributed by atoms with van der Waals surface area (Å²) in [6.07, 6.45) is 1.86. The average molecular weight is 308 g/mol. The minimum absolute atomic E-state index is 0.0733. The quantitative estimate of drug-likeness (QED) is 0.920. The molecule has 0 radical (unpaired) electrons. The molecular weight excluding hydrogens is 289 g/mol. The van der Waals surface area contributed by atoms with Gasteiger partial charge in [-0.1, -0.05) is 24.6 Å². The van der Waals surface area contributed by atoms with E-state index in [1.807, 2.05) is 19.9 Å². The number of halogens is 2. The fourth-order valence-electron chi connectivity index (χ4n) is 2.16. The summed E-state index contributed by atoms with van der Waals surface area (Å²) < 4.78 is 13.8. The Morgan fingerprint density at radius 2 is 2.10 bits per heavy atom. The number of nitrogens with zero attached hydrogens (tertiary/aromatic N) is 2. The second kappa shape index (κ2) is 6.96. The van der Waals surface area contributed by atoms with Crippen LogP contribution in [0, 0.1) is 12.7 Å². The molecule has 5 heteroatoms. The summed E-state index contributed by atoms with van der Waals surface area (Å²) in [6, 6.07) is 6.64. The number of benzene rings is 1. The summed E-state index contributed by atoms with van der Waals surface area (Å²) in [5.74, 6) is 0.236. The Kier molecular flexibility index (Phi) is 5.26. The fourth-order valence-corrected chi connectivity index (χ4v) is 2.39. The molecule has 3 nitrogen and oxygen atoms in total. The second-order valence-corrected chi connectivity index (χ2v) is 5.57. The lowest BCUT2D eigenvalue weighted by Gasteiger charge is -2.11. The molecule has 1 atom stereocenters. The van der Waals surface area contributed by atoms with E-state index in [0.29, 0.717) is 22.8 Å². The highest BCUT2D eigenvalue weighted by atomic mass is 35.5. The molecule has 2 N–H and O–H groups in total. The van der Waals surface area contributed by atoms with Gasteiger partial charge in [-0.15, -0.1) is 0 Å². The molecule has 1 aromatic heterocycles. The van der Waals surface area contributed by atoms with Gasteiger partial charge >= 0.3 is 0 Å². The zero-order chi connectivity index (χ0) is 15.4. The van der Waals surface area contributed by atoms with E-state index in [-0.39, 0.29) is 18.3 Å². The first-order chi connectivity index (χ1) is 9.99. The number of hydrogen-bond acceptors (Lipinski definition) is 3. The summed E-state index contributed by atoms with van der Waals surface area (Å²) >= 11 is 6.05. The van der Waals surface area contributed by atoms with Crippen molar-refractivity contribution >= 4 is 11.6 Å². The number of nitrogens with two attached hydrogens (primary N) is 1. The van der Waals surface area contributed by atoms with E-state index in [9.17, 15) is 4.39 Å². The largest absolute Gasteiger partial charge is 0.327 e. The molecule has 0 saturated carbocycles. The molecule has 21 heavy (non-hydrogen) atoms. The molecule has 112 valence electrons. The number of rotatable bonds is 5. The van der Waals surface area contributed by atoms with Gasteiger partial charge in [-0.3, -0.25) is 0 Å². The van der Waals surface area contributed by atoms with Crippen LogP contribution in [0.1, 0.15) is 36.1 Å². The van der Waals surface area contributed by atoms with E-state index in [0.717, 1.165) is 17.8 Å². The van der Waals surface area contributed by atoms with E-state index in [1.165, 1.54) is 6.07 Å². The van der Waals surface area contributed by atoms with Gasteiger partial charge in [-0.05, 0) is 31.5 Å². The van der Waals surface area contributed by atoms with E-state index >= 15 is 0 Å². The predicted octanol–water partition coefficient (Wildman–Crippen LogP) is 3.45. The molecule has 0 aliphatic heterocycles. The highest BCUT2D eigenvalue weighted by Gasteiger charge is 2.12. The lowest BCUT2D eigenvalue weighted by molar-refractivity contribution is 0.609. The number of aromatic nitrogens is 2. The van der Waals surface area contributed by atoms with Gasteiger partial charge in [0, 0.05) is 40.9 Å². The molecule has 1 unspecified atom stereocenters. The Hall–Kier alpha value is -1.52. The molecule has 0 bridgehead atoms. The third-order valence-corrected chi connectivity index (χ3v) is 3.70. The van der Waals surface area contributed by atoms with Crippen molar-refractivity contribution in [3.05, 3.63) is 57.9 Å². The van der Waals surface area contributed by atoms with E-state index < -0.39 is 0 Å². The second-order valence-electron chi connectivity index (χ2n) is 5.17.